The van der Waals surface area contributed by atoms with Gasteiger partial charge in [0.15, 0.2) is 0 Å². The highest BCUT2D eigenvalue weighted by Gasteiger charge is 2.33. The predicted molar refractivity (Wildman–Crippen MR) is 70.3 cm³/mol. The van der Waals surface area contributed by atoms with E-state index in [2.05, 4.69) is 5.32 Å². The van der Waals surface area contributed by atoms with Gasteiger partial charge in [0.25, 0.3) is 0 Å². The van der Waals surface area contributed by atoms with E-state index in [9.17, 15) is 14.4 Å². The molecule has 1 aliphatic heterocycles. The number of hydrogen-bond acceptors (Lipinski definition) is 4. The van der Waals surface area contributed by atoms with Crippen LogP contribution in [0.3, 0.4) is 0 Å². The number of likely N-dealkylation sites (tertiary alicyclic amines) is 1. The number of nitrogens with zero attached hydrogens (tertiary/aromatic N) is 1. The SMILES string of the molecule is CCN1CC(C(=O)Nc2sccc2C(=O)O)CC1=O. The van der Waals surface area contributed by atoms with Crippen molar-refractivity contribution in [3.05, 3.63) is 17.0 Å². The van der Waals surface area contributed by atoms with Crippen LogP contribution >= 0.6 is 11.3 Å². The Morgan fingerprint density at radius 3 is 2.89 bits per heavy atom. The molecular weight excluding hydrogens is 268 g/mol. The van der Waals surface area contributed by atoms with Crippen molar-refractivity contribution >= 4 is 34.1 Å². The first-order valence-corrected chi connectivity index (χ1v) is 6.80. The minimum absolute atomic E-state index is 0.0349. The van der Waals surface area contributed by atoms with E-state index >= 15 is 0 Å². The number of carboxylic acid groups (broad SMARTS) is 1. The molecule has 0 spiro atoms. The lowest BCUT2D eigenvalue weighted by Crippen LogP contribution is -2.28. The molecule has 7 heteroatoms. The van der Waals surface area contributed by atoms with Gasteiger partial charge in [-0.3, -0.25) is 9.59 Å². The molecule has 0 aliphatic carbocycles. The molecule has 0 aromatic carbocycles. The van der Waals surface area contributed by atoms with Crippen molar-refractivity contribution in [1.29, 1.82) is 0 Å². The summed E-state index contributed by atoms with van der Waals surface area (Å²) in [5, 5.41) is 13.5. The second-order valence-corrected chi connectivity index (χ2v) is 5.21. The molecule has 1 aliphatic rings. The van der Waals surface area contributed by atoms with Crippen LogP contribution in [0.4, 0.5) is 5.00 Å². The molecule has 2 amide bonds. The number of aromatic carboxylic acids is 1. The Hall–Kier alpha value is -1.89. The maximum absolute atomic E-state index is 12.0. The van der Waals surface area contributed by atoms with Gasteiger partial charge in [0, 0.05) is 19.5 Å². The first-order valence-electron chi connectivity index (χ1n) is 5.92. The van der Waals surface area contributed by atoms with Crippen LogP contribution in [0.1, 0.15) is 23.7 Å². The largest absolute Gasteiger partial charge is 0.478 e. The molecule has 102 valence electrons. The predicted octanol–water partition coefficient (Wildman–Crippen LogP) is 1.25. The maximum atomic E-state index is 12.0. The Balaban J connectivity index is 2.04. The van der Waals surface area contributed by atoms with Crippen molar-refractivity contribution in [2.45, 2.75) is 13.3 Å². The van der Waals surface area contributed by atoms with Gasteiger partial charge >= 0.3 is 5.97 Å². The van der Waals surface area contributed by atoms with Gasteiger partial charge in [-0.05, 0) is 18.4 Å². The molecule has 1 atom stereocenters. The fraction of sp³-hybridized carbons (Fsp3) is 0.417. The molecule has 0 saturated carbocycles. The van der Waals surface area contributed by atoms with Crippen molar-refractivity contribution < 1.29 is 19.5 Å². The molecule has 19 heavy (non-hydrogen) atoms. The molecule has 1 aromatic rings. The Morgan fingerprint density at radius 1 is 1.58 bits per heavy atom. The molecule has 2 rings (SSSR count). The maximum Gasteiger partial charge on any atom is 0.338 e. The number of nitrogens with one attached hydrogen (secondary N) is 1. The van der Waals surface area contributed by atoms with Crippen molar-refractivity contribution in [3.63, 3.8) is 0 Å². The molecule has 1 aromatic heterocycles. The summed E-state index contributed by atoms with van der Waals surface area (Å²) in [6.07, 6.45) is 0.188. The number of amides is 2. The minimum atomic E-state index is -1.07. The van der Waals surface area contributed by atoms with E-state index in [4.69, 9.17) is 5.11 Å². The zero-order chi connectivity index (χ0) is 14.0. The van der Waals surface area contributed by atoms with Crippen LogP contribution in [0.2, 0.25) is 0 Å². The van der Waals surface area contributed by atoms with E-state index < -0.39 is 11.9 Å². The van der Waals surface area contributed by atoms with Gasteiger partial charge in [0.2, 0.25) is 11.8 Å². The van der Waals surface area contributed by atoms with E-state index in [0.29, 0.717) is 18.1 Å². The number of carbonyl (C=O) groups is 3. The van der Waals surface area contributed by atoms with Crippen LogP contribution in [-0.4, -0.2) is 40.9 Å². The Bertz CT molecular complexity index is 526. The average Bonchev–Trinajstić information content (AvgIpc) is 2.95. The van der Waals surface area contributed by atoms with Crippen LogP contribution in [0, 0.1) is 5.92 Å². The number of carboxylic acids is 1. The topological polar surface area (TPSA) is 86.7 Å². The standard InChI is InChI=1S/C12H14N2O4S/c1-2-14-6-7(5-9(14)15)10(16)13-11-8(12(17)18)3-4-19-11/h3-4,7H,2,5-6H2,1H3,(H,13,16)(H,17,18). The van der Waals surface area contributed by atoms with Gasteiger partial charge in [0.1, 0.15) is 5.00 Å². The Kier molecular flexibility index (Phi) is 3.84. The summed E-state index contributed by atoms with van der Waals surface area (Å²) in [7, 11) is 0. The smallest absolute Gasteiger partial charge is 0.338 e. The molecule has 1 fully saturated rings. The van der Waals surface area contributed by atoms with Crippen LogP contribution in [0.15, 0.2) is 11.4 Å². The molecule has 2 N–H and O–H groups in total. The van der Waals surface area contributed by atoms with Crippen LogP contribution in [-0.2, 0) is 9.59 Å². The van der Waals surface area contributed by atoms with E-state index in [1.807, 2.05) is 6.92 Å². The summed E-state index contributed by atoms with van der Waals surface area (Å²) in [6.45, 7) is 2.84. The highest BCUT2D eigenvalue weighted by atomic mass is 32.1. The number of carbonyl (C=O) groups excluding carboxylic acids is 2. The summed E-state index contributed by atoms with van der Waals surface area (Å²) in [4.78, 5) is 36.1. The zero-order valence-corrected chi connectivity index (χ0v) is 11.2. The third-order valence-corrected chi connectivity index (χ3v) is 3.93. The normalized spacial score (nSPS) is 18.7. The molecular formula is C12H14N2O4S. The molecule has 2 heterocycles. The third-order valence-electron chi connectivity index (χ3n) is 3.10. The summed E-state index contributed by atoms with van der Waals surface area (Å²) in [6, 6.07) is 1.45. The molecule has 0 bridgehead atoms. The second-order valence-electron chi connectivity index (χ2n) is 4.29. The van der Waals surface area contributed by atoms with Gasteiger partial charge in [-0.15, -0.1) is 11.3 Å². The summed E-state index contributed by atoms with van der Waals surface area (Å²) < 4.78 is 0. The number of rotatable bonds is 4. The minimum Gasteiger partial charge on any atom is -0.478 e. The van der Waals surface area contributed by atoms with Gasteiger partial charge < -0.3 is 15.3 Å². The van der Waals surface area contributed by atoms with Crippen LogP contribution in [0.25, 0.3) is 0 Å². The highest BCUT2D eigenvalue weighted by molar-refractivity contribution is 7.14. The summed E-state index contributed by atoms with van der Waals surface area (Å²) in [5.41, 5.74) is 0.0787. The molecule has 1 unspecified atom stereocenters. The van der Waals surface area contributed by atoms with Gasteiger partial charge in [-0.1, -0.05) is 0 Å². The molecule has 0 radical (unpaired) electrons. The van der Waals surface area contributed by atoms with Crippen LogP contribution in [0.5, 0.6) is 0 Å². The highest BCUT2D eigenvalue weighted by Crippen LogP contribution is 2.25. The number of hydrogen-bond donors (Lipinski definition) is 2. The lowest BCUT2D eigenvalue weighted by Gasteiger charge is -2.13. The van der Waals surface area contributed by atoms with Crippen molar-refractivity contribution in [1.82, 2.24) is 4.90 Å². The fourth-order valence-electron chi connectivity index (χ4n) is 2.04. The zero-order valence-electron chi connectivity index (χ0n) is 10.4. The fourth-order valence-corrected chi connectivity index (χ4v) is 2.82. The average molecular weight is 282 g/mol. The summed E-state index contributed by atoms with van der Waals surface area (Å²) in [5.74, 6) is -1.81. The van der Waals surface area contributed by atoms with E-state index in [1.165, 1.54) is 6.07 Å². The number of thiophene rings is 1. The van der Waals surface area contributed by atoms with Crippen molar-refractivity contribution in [2.24, 2.45) is 5.92 Å². The monoisotopic (exact) mass is 282 g/mol. The third kappa shape index (κ3) is 2.76. The molecule has 6 nitrogen and oxygen atoms in total. The summed E-state index contributed by atoms with van der Waals surface area (Å²) >= 11 is 1.16. The Labute approximate surface area is 114 Å². The van der Waals surface area contributed by atoms with Crippen molar-refractivity contribution in [2.75, 3.05) is 18.4 Å². The van der Waals surface area contributed by atoms with E-state index in [0.717, 1.165) is 11.3 Å². The van der Waals surface area contributed by atoms with Crippen LogP contribution < -0.4 is 5.32 Å². The quantitative estimate of drug-likeness (QED) is 0.870. The second kappa shape index (κ2) is 5.40. The van der Waals surface area contributed by atoms with Gasteiger partial charge in [0.05, 0.1) is 11.5 Å². The first kappa shape index (κ1) is 13.5. The van der Waals surface area contributed by atoms with E-state index in [-0.39, 0.29) is 23.8 Å². The Morgan fingerprint density at radius 2 is 2.32 bits per heavy atom. The number of anilines is 1. The van der Waals surface area contributed by atoms with Gasteiger partial charge in [-0.2, -0.15) is 0 Å². The first-order chi connectivity index (χ1) is 9.02. The molecule has 1 saturated heterocycles. The lowest BCUT2D eigenvalue weighted by atomic mass is 10.1. The van der Waals surface area contributed by atoms with E-state index in [1.54, 1.807) is 10.3 Å². The lowest BCUT2D eigenvalue weighted by molar-refractivity contribution is -0.128. The van der Waals surface area contributed by atoms with Gasteiger partial charge in [-0.25, -0.2) is 4.79 Å². The van der Waals surface area contributed by atoms with Crippen molar-refractivity contribution in [3.8, 4) is 0 Å².